The summed E-state index contributed by atoms with van der Waals surface area (Å²) < 4.78 is 0.963. The van der Waals surface area contributed by atoms with E-state index in [1.165, 1.54) is 0 Å². The van der Waals surface area contributed by atoms with Crippen molar-refractivity contribution in [3.63, 3.8) is 0 Å². The average molecular weight is 307 g/mol. The minimum absolute atomic E-state index is 0.354. The van der Waals surface area contributed by atoms with Crippen molar-refractivity contribution in [1.82, 2.24) is 4.98 Å². The average Bonchev–Trinajstić information content (AvgIpc) is 2.35. The molecule has 0 radical (unpaired) electrons. The third-order valence-corrected chi connectivity index (χ3v) is 3.31. The van der Waals surface area contributed by atoms with Crippen LogP contribution in [0.5, 0.6) is 5.75 Å². The van der Waals surface area contributed by atoms with Crippen molar-refractivity contribution in [2.45, 2.75) is 20.4 Å². The molecule has 0 aliphatic heterocycles. The number of hydrogen-bond donors (Lipinski definition) is 2. The zero-order valence-electron chi connectivity index (χ0n) is 10.4. The molecule has 0 saturated carbocycles. The van der Waals surface area contributed by atoms with E-state index in [2.05, 4.69) is 26.2 Å². The van der Waals surface area contributed by atoms with E-state index in [9.17, 15) is 5.11 Å². The lowest BCUT2D eigenvalue weighted by atomic mass is 10.1. The Hall–Kier alpha value is -1.55. The summed E-state index contributed by atoms with van der Waals surface area (Å²) in [5, 5.41) is 13.2. The fourth-order valence-corrected chi connectivity index (χ4v) is 2.19. The molecule has 0 saturated heterocycles. The predicted octanol–water partition coefficient (Wildman–Crippen LogP) is 3.78. The number of nitrogens with one attached hydrogen (secondary N) is 1. The maximum atomic E-state index is 9.87. The number of halogens is 1. The summed E-state index contributed by atoms with van der Waals surface area (Å²) >= 11 is 3.39. The highest BCUT2D eigenvalue weighted by atomic mass is 79.9. The quantitative estimate of drug-likeness (QED) is 0.907. The molecule has 2 N–H and O–H groups in total. The molecule has 94 valence electrons. The standard InChI is InChI=1S/C14H15BrN2O/c1-9-3-4-13(10(2)14(9)18)17-7-11-5-12(15)8-16-6-11/h3-6,8,17-18H,7H2,1-2H3. The van der Waals surface area contributed by atoms with Gasteiger partial charge in [0.25, 0.3) is 0 Å². The Morgan fingerprint density at radius 3 is 2.78 bits per heavy atom. The van der Waals surface area contributed by atoms with Crippen molar-refractivity contribution in [2.75, 3.05) is 5.32 Å². The van der Waals surface area contributed by atoms with Gasteiger partial charge in [-0.3, -0.25) is 4.98 Å². The van der Waals surface area contributed by atoms with Crippen LogP contribution in [0.3, 0.4) is 0 Å². The normalized spacial score (nSPS) is 10.4. The first-order valence-corrected chi connectivity index (χ1v) is 6.49. The molecule has 0 amide bonds. The highest BCUT2D eigenvalue weighted by Crippen LogP contribution is 2.28. The van der Waals surface area contributed by atoms with Crippen molar-refractivity contribution >= 4 is 21.6 Å². The van der Waals surface area contributed by atoms with E-state index in [0.717, 1.165) is 26.9 Å². The van der Waals surface area contributed by atoms with Gasteiger partial charge in [0.2, 0.25) is 0 Å². The van der Waals surface area contributed by atoms with Gasteiger partial charge in [-0.25, -0.2) is 0 Å². The van der Waals surface area contributed by atoms with Gasteiger partial charge in [0.15, 0.2) is 0 Å². The van der Waals surface area contributed by atoms with Gasteiger partial charge in [-0.2, -0.15) is 0 Å². The van der Waals surface area contributed by atoms with Crippen LogP contribution in [-0.2, 0) is 6.54 Å². The van der Waals surface area contributed by atoms with Gasteiger partial charge in [-0.1, -0.05) is 6.07 Å². The van der Waals surface area contributed by atoms with Crippen molar-refractivity contribution in [1.29, 1.82) is 0 Å². The minimum Gasteiger partial charge on any atom is -0.507 e. The fourth-order valence-electron chi connectivity index (χ4n) is 1.78. The van der Waals surface area contributed by atoms with E-state index in [0.29, 0.717) is 12.3 Å². The van der Waals surface area contributed by atoms with E-state index >= 15 is 0 Å². The topological polar surface area (TPSA) is 45.2 Å². The third-order valence-electron chi connectivity index (χ3n) is 2.88. The summed E-state index contributed by atoms with van der Waals surface area (Å²) in [6, 6.07) is 5.91. The van der Waals surface area contributed by atoms with Crippen LogP contribution >= 0.6 is 15.9 Å². The van der Waals surface area contributed by atoms with Crippen LogP contribution in [0.1, 0.15) is 16.7 Å². The first-order valence-electron chi connectivity index (χ1n) is 5.70. The molecule has 1 aromatic heterocycles. The van der Waals surface area contributed by atoms with Crippen LogP contribution in [0.4, 0.5) is 5.69 Å². The lowest BCUT2D eigenvalue weighted by molar-refractivity contribution is 0.467. The number of hydrogen-bond acceptors (Lipinski definition) is 3. The molecule has 0 unspecified atom stereocenters. The molecule has 1 heterocycles. The summed E-state index contributed by atoms with van der Waals surface area (Å²) in [7, 11) is 0. The monoisotopic (exact) mass is 306 g/mol. The van der Waals surface area contributed by atoms with Gasteiger partial charge >= 0.3 is 0 Å². The largest absolute Gasteiger partial charge is 0.507 e. The Bertz CT molecular complexity index is 570. The van der Waals surface area contributed by atoms with Crippen LogP contribution in [-0.4, -0.2) is 10.1 Å². The number of pyridine rings is 1. The van der Waals surface area contributed by atoms with E-state index in [4.69, 9.17) is 0 Å². The second kappa shape index (κ2) is 5.40. The Kier molecular flexibility index (Phi) is 3.87. The first kappa shape index (κ1) is 12.9. The number of aryl methyl sites for hydroxylation is 1. The van der Waals surface area contributed by atoms with Crippen molar-refractivity contribution in [3.05, 3.63) is 51.8 Å². The second-order valence-corrected chi connectivity index (χ2v) is 5.18. The molecule has 4 heteroatoms. The number of rotatable bonds is 3. The van der Waals surface area contributed by atoms with Crippen molar-refractivity contribution < 1.29 is 5.11 Å². The molecule has 18 heavy (non-hydrogen) atoms. The van der Waals surface area contributed by atoms with Gasteiger partial charge in [0.1, 0.15) is 5.75 Å². The van der Waals surface area contributed by atoms with Crippen molar-refractivity contribution in [2.24, 2.45) is 0 Å². The number of nitrogens with zero attached hydrogens (tertiary/aromatic N) is 1. The highest BCUT2D eigenvalue weighted by molar-refractivity contribution is 9.10. The Balaban J connectivity index is 2.14. The lowest BCUT2D eigenvalue weighted by Crippen LogP contribution is -2.02. The molecule has 0 aliphatic carbocycles. The summed E-state index contributed by atoms with van der Waals surface area (Å²) in [4.78, 5) is 4.11. The number of benzene rings is 1. The summed E-state index contributed by atoms with van der Waals surface area (Å²) in [6.45, 7) is 4.48. The number of phenols is 1. The molecular weight excluding hydrogens is 292 g/mol. The van der Waals surface area contributed by atoms with Gasteiger partial charge in [0, 0.05) is 34.7 Å². The van der Waals surface area contributed by atoms with Gasteiger partial charge in [-0.05, 0) is 53.0 Å². The number of anilines is 1. The molecule has 3 nitrogen and oxygen atoms in total. The predicted molar refractivity (Wildman–Crippen MR) is 76.8 cm³/mol. The van der Waals surface area contributed by atoms with Crippen LogP contribution in [0.15, 0.2) is 35.1 Å². The van der Waals surface area contributed by atoms with E-state index in [1.54, 1.807) is 6.20 Å². The smallest absolute Gasteiger partial charge is 0.123 e. The van der Waals surface area contributed by atoms with Crippen LogP contribution in [0.2, 0.25) is 0 Å². The summed E-state index contributed by atoms with van der Waals surface area (Å²) in [5.74, 6) is 0.354. The summed E-state index contributed by atoms with van der Waals surface area (Å²) in [5.41, 5.74) is 3.79. The van der Waals surface area contributed by atoms with E-state index in [1.807, 2.05) is 38.2 Å². The van der Waals surface area contributed by atoms with Crippen LogP contribution in [0.25, 0.3) is 0 Å². The SMILES string of the molecule is Cc1ccc(NCc2cncc(Br)c2)c(C)c1O. The molecule has 0 aliphatic rings. The fraction of sp³-hybridized carbons (Fsp3) is 0.214. The zero-order valence-corrected chi connectivity index (χ0v) is 12.0. The molecule has 1 aromatic carbocycles. The number of phenolic OH excluding ortho intramolecular Hbond substituents is 1. The Labute approximate surface area is 115 Å². The molecule has 0 spiro atoms. The third kappa shape index (κ3) is 2.82. The Morgan fingerprint density at radius 2 is 2.06 bits per heavy atom. The van der Waals surface area contributed by atoms with Crippen molar-refractivity contribution in [3.8, 4) is 5.75 Å². The minimum atomic E-state index is 0.354. The zero-order chi connectivity index (χ0) is 13.1. The molecule has 0 atom stereocenters. The van der Waals surface area contributed by atoms with Gasteiger partial charge in [0.05, 0.1) is 0 Å². The second-order valence-electron chi connectivity index (χ2n) is 4.27. The lowest BCUT2D eigenvalue weighted by Gasteiger charge is -2.12. The summed E-state index contributed by atoms with van der Waals surface area (Å²) in [6.07, 6.45) is 3.58. The van der Waals surface area contributed by atoms with Crippen LogP contribution in [0, 0.1) is 13.8 Å². The first-order chi connectivity index (χ1) is 8.58. The Morgan fingerprint density at radius 1 is 1.28 bits per heavy atom. The molecule has 2 aromatic rings. The van der Waals surface area contributed by atoms with Gasteiger partial charge in [-0.15, -0.1) is 0 Å². The van der Waals surface area contributed by atoms with E-state index in [-0.39, 0.29) is 0 Å². The van der Waals surface area contributed by atoms with Crippen LogP contribution < -0.4 is 5.32 Å². The maximum Gasteiger partial charge on any atom is 0.123 e. The molecule has 0 bridgehead atoms. The maximum absolute atomic E-state index is 9.87. The highest BCUT2D eigenvalue weighted by Gasteiger charge is 2.05. The molecule has 0 fully saturated rings. The number of aromatic hydroxyl groups is 1. The molecule has 2 rings (SSSR count). The molecular formula is C14H15BrN2O. The number of aromatic nitrogens is 1. The van der Waals surface area contributed by atoms with Gasteiger partial charge < -0.3 is 10.4 Å². The van der Waals surface area contributed by atoms with E-state index < -0.39 is 0 Å².